The summed E-state index contributed by atoms with van der Waals surface area (Å²) in [7, 11) is -6.98. The number of fused-ring (bicyclic) bond motifs is 4. The predicted molar refractivity (Wildman–Crippen MR) is 245 cm³/mol. The zero-order valence-electron chi connectivity index (χ0n) is 35.7. The van der Waals surface area contributed by atoms with Gasteiger partial charge in [-0.05, 0) is 75.1 Å². The van der Waals surface area contributed by atoms with Gasteiger partial charge in [0, 0.05) is 41.0 Å². The number of hydrogen-bond donors (Lipinski definition) is 4. The topological polar surface area (TPSA) is 232 Å². The van der Waals surface area contributed by atoms with E-state index in [1.165, 1.54) is 0 Å². The van der Waals surface area contributed by atoms with E-state index in [0.29, 0.717) is 70.2 Å². The first-order valence-corrected chi connectivity index (χ1v) is 25.3. The van der Waals surface area contributed by atoms with Crippen molar-refractivity contribution in [2.75, 3.05) is 36.7 Å². The second-order valence-electron chi connectivity index (χ2n) is 17.1. The SMILES string of the molecule is CCC1C(=N)N(C(=N)CC2CCC(N3c4nc(-c5cccc(NS(C)(=O)=O)c5)ncc4-n4cnnc4C3CC)C2)c2cnc(-c3cccc(NS(C)(=O)=O)c3)nc2N1C1CCCC1. The lowest BCUT2D eigenvalue weighted by Gasteiger charge is -2.46. The number of rotatable bonds is 12. The third-order valence-electron chi connectivity index (χ3n) is 12.6. The van der Waals surface area contributed by atoms with Crippen LogP contribution in [0.5, 0.6) is 0 Å². The molecule has 0 spiro atoms. The van der Waals surface area contributed by atoms with Gasteiger partial charge in [-0.25, -0.2) is 36.8 Å². The maximum Gasteiger partial charge on any atom is 0.229 e. The Kier molecular flexibility index (Phi) is 11.1. The van der Waals surface area contributed by atoms with Gasteiger partial charge in [-0.2, -0.15) is 0 Å². The maximum atomic E-state index is 12.0. The largest absolute Gasteiger partial charge is 0.342 e. The summed E-state index contributed by atoms with van der Waals surface area (Å²) in [5.74, 6) is 3.96. The summed E-state index contributed by atoms with van der Waals surface area (Å²) in [4.78, 5) is 26.2. The molecule has 0 amide bonds. The van der Waals surface area contributed by atoms with Crippen LogP contribution >= 0.6 is 0 Å². The molecule has 2 aliphatic carbocycles. The Balaban J connectivity index is 1.01. The number of sulfonamides is 2. The van der Waals surface area contributed by atoms with E-state index in [0.717, 1.165) is 81.2 Å². The summed E-state index contributed by atoms with van der Waals surface area (Å²) in [6, 6.07) is 13.9. The Hall–Kier alpha value is -6.02. The van der Waals surface area contributed by atoms with Crippen LogP contribution in [0.1, 0.15) is 89.9 Å². The highest BCUT2D eigenvalue weighted by molar-refractivity contribution is 7.92. The lowest BCUT2D eigenvalue weighted by Crippen LogP contribution is -2.58. The van der Waals surface area contributed by atoms with Gasteiger partial charge in [-0.3, -0.25) is 29.7 Å². The molecule has 0 saturated heterocycles. The molecule has 330 valence electrons. The molecule has 5 aromatic rings. The van der Waals surface area contributed by atoms with Crippen LogP contribution in [-0.4, -0.2) is 93.8 Å². The van der Waals surface area contributed by atoms with Crippen molar-refractivity contribution in [3.8, 4) is 28.5 Å². The van der Waals surface area contributed by atoms with E-state index in [4.69, 9.17) is 19.9 Å². The van der Waals surface area contributed by atoms with Gasteiger partial charge >= 0.3 is 0 Å². The molecule has 0 bridgehead atoms. The van der Waals surface area contributed by atoms with Crippen molar-refractivity contribution in [3.63, 3.8) is 0 Å². The highest BCUT2D eigenvalue weighted by Crippen LogP contribution is 2.46. The van der Waals surface area contributed by atoms with E-state index < -0.39 is 20.0 Å². The summed E-state index contributed by atoms with van der Waals surface area (Å²) < 4.78 is 55.2. The first-order chi connectivity index (χ1) is 30.2. The fourth-order valence-electron chi connectivity index (χ4n) is 10.0. The van der Waals surface area contributed by atoms with Crippen LogP contribution in [0.3, 0.4) is 0 Å². The molecule has 2 aromatic carbocycles. The molecule has 18 nitrogen and oxygen atoms in total. The smallest absolute Gasteiger partial charge is 0.229 e. The Morgan fingerprint density at radius 3 is 1.92 bits per heavy atom. The minimum atomic E-state index is -3.49. The van der Waals surface area contributed by atoms with Gasteiger partial charge in [0.1, 0.15) is 29.4 Å². The van der Waals surface area contributed by atoms with Crippen molar-refractivity contribution in [1.82, 2.24) is 34.7 Å². The van der Waals surface area contributed by atoms with Gasteiger partial charge in [0.25, 0.3) is 0 Å². The highest BCUT2D eigenvalue weighted by Gasteiger charge is 2.44. The number of aromatic nitrogens is 7. The second kappa shape index (κ2) is 16.6. The summed E-state index contributed by atoms with van der Waals surface area (Å²) >= 11 is 0. The molecule has 4 atom stereocenters. The summed E-state index contributed by atoms with van der Waals surface area (Å²) in [5.41, 5.74) is 3.53. The van der Waals surface area contributed by atoms with Crippen molar-refractivity contribution in [3.05, 3.63) is 73.1 Å². The van der Waals surface area contributed by atoms with Crippen LogP contribution < -0.4 is 24.1 Å². The third-order valence-corrected chi connectivity index (χ3v) is 13.8. The second-order valence-corrected chi connectivity index (χ2v) is 20.6. The predicted octanol–water partition coefficient (Wildman–Crippen LogP) is 6.76. The molecule has 2 fully saturated rings. The van der Waals surface area contributed by atoms with Gasteiger partial charge < -0.3 is 9.80 Å². The Morgan fingerprint density at radius 1 is 0.762 bits per heavy atom. The van der Waals surface area contributed by atoms with Gasteiger partial charge in [0.05, 0.1) is 37.0 Å². The van der Waals surface area contributed by atoms with Crippen LogP contribution in [0.15, 0.2) is 67.3 Å². The number of nitrogens with one attached hydrogen (secondary N) is 4. The summed E-state index contributed by atoms with van der Waals surface area (Å²) in [6.07, 6.45) is 16.0. The normalized spacial score (nSPS) is 21.3. The van der Waals surface area contributed by atoms with Crippen LogP contribution in [0.4, 0.5) is 28.7 Å². The average Bonchev–Trinajstić information content (AvgIpc) is 4.05. The maximum absolute atomic E-state index is 12.0. The lowest BCUT2D eigenvalue weighted by molar-refractivity contribution is 0.456. The molecule has 9 rings (SSSR count). The van der Waals surface area contributed by atoms with Gasteiger partial charge in [0.15, 0.2) is 29.1 Å². The van der Waals surface area contributed by atoms with E-state index in [2.05, 4.69) is 43.3 Å². The fourth-order valence-corrected chi connectivity index (χ4v) is 11.1. The molecule has 20 heteroatoms. The Labute approximate surface area is 367 Å². The highest BCUT2D eigenvalue weighted by atomic mass is 32.2. The zero-order valence-corrected chi connectivity index (χ0v) is 37.4. The Bertz CT molecular complexity index is 2810. The number of amidine groups is 2. The minimum absolute atomic E-state index is 0.0612. The molecule has 2 saturated carbocycles. The van der Waals surface area contributed by atoms with Gasteiger partial charge in [-0.1, -0.05) is 51.0 Å². The van der Waals surface area contributed by atoms with E-state index >= 15 is 0 Å². The van der Waals surface area contributed by atoms with E-state index in [9.17, 15) is 27.7 Å². The van der Waals surface area contributed by atoms with Crippen molar-refractivity contribution in [2.24, 2.45) is 5.92 Å². The van der Waals surface area contributed by atoms with Crippen LogP contribution in [0.25, 0.3) is 28.5 Å². The Morgan fingerprint density at radius 2 is 1.33 bits per heavy atom. The van der Waals surface area contributed by atoms with Crippen LogP contribution in [-0.2, 0) is 20.0 Å². The third kappa shape index (κ3) is 8.32. The van der Waals surface area contributed by atoms with Crippen molar-refractivity contribution in [1.29, 1.82) is 10.8 Å². The zero-order chi connectivity index (χ0) is 44.2. The number of hydrogen-bond acceptors (Lipinski definition) is 14. The van der Waals surface area contributed by atoms with Crippen molar-refractivity contribution in [2.45, 2.75) is 102 Å². The standard InChI is InChI=1S/C43H52N14O4S2/c1-5-33-38(45)57(36-24-47-40(50-42(36)55(33)31-15-7-8-16-31)28-12-10-14-30(22-28)53-63(4,60)61)37(44)20-26-17-18-32(19-26)56-34(6-2)43-51-48-25-54(43)35-23-46-39(49-41(35)56)27-11-9-13-29(21-27)52-62(3,58)59/h9-14,21-26,31-34,44-45,52-53H,5-8,15-20H2,1-4H3. The fraction of sp³-hybridized carbons (Fsp3) is 0.442. The van der Waals surface area contributed by atoms with Crippen LogP contribution in [0.2, 0.25) is 0 Å². The molecular weight excluding hydrogens is 841 g/mol. The number of anilines is 5. The van der Waals surface area contributed by atoms with Gasteiger partial charge in [0.2, 0.25) is 20.0 Å². The molecule has 0 radical (unpaired) electrons. The van der Waals surface area contributed by atoms with E-state index in [1.807, 2.05) is 16.7 Å². The monoisotopic (exact) mass is 892 g/mol. The molecule has 4 aliphatic rings. The number of nitrogens with zero attached hydrogens (tertiary/aromatic N) is 10. The summed E-state index contributed by atoms with van der Waals surface area (Å²) in [6.45, 7) is 4.21. The van der Waals surface area contributed by atoms with Crippen molar-refractivity contribution < 1.29 is 16.8 Å². The molecular formula is C43H52N14O4S2. The first kappa shape index (κ1) is 42.3. The van der Waals surface area contributed by atoms with E-state index in [1.54, 1.807) is 60.0 Å². The first-order valence-electron chi connectivity index (χ1n) is 21.5. The molecule has 4 unspecified atom stereocenters. The number of benzene rings is 2. The average molecular weight is 893 g/mol. The quantitative estimate of drug-likeness (QED) is 0.0750. The minimum Gasteiger partial charge on any atom is -0.342 e. The molecule has 5 heterocycles. The molecule has 4 N–H and O–H groups in total. The molecule has 63 heavy (non-hydrogen) atoms. The molecule has 3 aromatic heterocycles. The summed E-state index contributed by atoms with van der Waals surface area (Å²) in [5, 5.41) is 28.2. The van der Waals surface area contributed by atoms with Crippen LogP contribution in [0, 0.1) is 16.7 Å². The van der Waals surface area contributed by atoms with E-state index in [-0.39, 0.29) is 30.1 Å². The lowest BCUT2D eigenvalue weighted by atomic mass is 9.98. The molecule has 2 aliphatic heterocycles. The van der Waals surface area contributed by atoms with Crippen molar-refractivity contribution >= 4 is 60.4 Å². The van der Waals surface area contributed by atoms with Gasteiger partial charge in [-0.15, -0.1) is 10.2 Å².